The van der Waals surface area contributed by atoms with Crippen molar-refractivity contribution in [3.05, 3.63) is 21.3 Å². The second-order valence-electron chi connectivity index (χ2n) is 4.51. The van der Waals surface area contributed by atoms with E-state index in [0.717, 1.165) is 16.8 Å². The molecule has 1 N–H and O–H groups in total. The molecule has 0 bridgehead atoms. The Morgan fingerprint density at radius 1 is 1.18 bits per heavy atom. The molecule has 0 aliphatic rings. The molecule has 0 radical (unpaired) electrons. The minimum Gasteiger partial charge on any atom is -0.309 e. The van der Waals surface area contributed by atoms with Gasteiger partial charge in [0.05, 0.1) is 4.34 Å². The average Bonchev–Trinajstić information content (AvgIpc) is 2.72. The number of nitrogens with one attached hydrogen (secondary N) is 1. The van der Waals surface area contributed by atoms with Crippen LogP contribution in [-0.2, 0) is 0 Å². The summed E-state index contributed by atoms with van der Waals surface area (Å²) in [4.78, 5) is 1.39. The van der Waals surface area contributed by atoms with Crippen molar-refractivity contribution in [3.63, 3.8) is 0 Å². The van der Waals surface area contributed by atoms with E-state index < -0.39 is 0 Å². The molecule has 0 amide bonds. The molecule has 0 saturated heterocycles. The predicted octanol–water partition coefficient (Wildman–Crippen LogP) is 5.27. The number of thiophene rings is 1. The van der Waals surface area contributed by atoms with Gasteiger partial charge in [0.25, 0.3) is 0 Å². The molecule has 98 valence electrons. The van der Waals surface area contributed by atoms with Crippen molar-refractivity contribution in [2.45, 2.75) is 52.5 Å². The summed E-state index contributed by atoms with van der Waals surface area (Å²) in [6.45, 7) is 7.74. The van der Waals surface area contributed by atoms with Crippen LogP contribution < -0.4 is 5.32 Å². The highest BCUT2D eigenvalue weighted by Crippen LogP contribution is 2.35. The van der Waals surface area contributed by atoms with Gasteiger partial charge < -0.3 is 5.32 Å². The highest BCUT2D eigenvalue weighted by atomic mass is 35.5. The second kappa shape index (κ2) is 8.12. The highest BCUT2D eigenvalue weighted by Gasteiger charge is 2.22. The summed E-state index contributed by atoms with van der Waals surface area (Å²) in [7, 11) is 0. The third-order valence-corrected chi connectivity index (χ3v) is 4.43. The van der Waals surface area contributed by atoms with Gasteiger partial charge in [-0.15, -0.1) is 11.3 Å². The van der Waals surface area contributed by atoms with Crippen LogP contribution in [0.5, 0.6) is 0 Å². The topological polar surface area (TPSA) is 12.0 Å². The first-order valence-electron chi connectivity index (χ1n) is 6.71. The summed E-state index contributed by atoms with van der Waals surface area (Å²) in [5, 5.41) is 3.63. The van der Waals surface area contributed by atoms with Crippen molar-refractivity contribution in [1.82, 2.24) is 5.32 Å². The number of halogens is 1. The third-order valence-electron chi connectivity index (χ3n) is 3.11. The van der Waals surface area contributed by atoms with Crippen molar-refractivity contribution in [2.75, 3.05) is 6.54 Å². The monoisotopic (exact) mass is 273 g/mol. The predicted molar refractivity (Wildman–Crippen MR) is 79.1 cm³/mol. The molecule has 17 heavy (non-hydrogen) atoms. The number of hydrogen-bond acceptors (Lipinski definition) is 2. The van der Waals surface area contributed by atoms with Crippen LogP contribution >= 0.6 is 22.9 Å². The highest BCUT2D eigenvalue weighted by molar-refractivity contribution is 7.16. The van der Waals surface area contributed by atoms with Gasteiger partial charge in [0, 0.05) is 10.9 Å². The van der Waals surface area contributed by atoms with Crippen LogP contribution in [0.25, 0.3) is 0 Å². The summed E-state index contributed by atoms with van der Waals surface area (Å²) in [6, 6.07) is 4.68. The summed E-state index contributed by atoms with van der Waals surface area (Å²) < 4.78 is 0.898. The minimum atomic E-state index is 0.484. The Labute approximate surface area is 115 Å². The van der Waals surface area contributed by atoms with E-state index in [1.54, 1.807) is 11.3 Å². The van der Waals surface area contributed by atoms with Gasteiger partial charge in [0.1, 0.15) is 0 Å². The average molecular weight is 274 g/mol. The Morgan fingerprint density at radius 3 is 2.24 bits per heavy atom. The van der Waals surface area contributed by atoms with E-state index in [1.165, 1.54) is 30.6 Å². The largest absolute Gasteiger partial charge is 0.309 e. The lowest BCUT2D eigenvalue weighted by atomic mass is 9.89. The van der Waals surface area contributed by atoms with E-state index in [0.29, 0.717) is 6.04 Å². The minimum absolute atomic E-state index is 0.484. The number of rotatable bonds is 8. The fraction of sp³-hybridized carbons (Fsp3) is 0.714. The zero-order valence-corrected chi connectivity index (χ0v) is 12.7. The molecule has 0 aliphatic heterocycles. The lowest BCUT2D eigenvalue weighted by Crippen LogP contribution is -2.27. The van der Waals surface area contributed by atoms with Gasteiger partial charge in [-0.05, 0) is 37.4 Å². The first-order valence-corrected chi connectivity index (χ1v) is 7.90. The molecular formula is C14H24ClNS. The summed E-state index contributed by atoms with van der Waals surface area (Å²) in [5.41, 5.74) is 0. The molecule has 0 saturated carbocycles. The summed E-state index contributed by atoms with van der Waals surface area (Å²) >= 11 is 7.77. The van der Waals surface area contributed by atoms with Gasteiger partial charge in [0.2, 0.25) is 0 Å². The quantitative estimate of drug-likeness (QED) is 0.680. The fourth-order valence-electron chi connectivity index (χ4n) is 2.43. The van der Waals surface area contributed by atoms with Crippen LogP contribution in [0.2, 0.25) is 4.34 Å². The molecule has 3 heteroatoms. The molecule has 0 spiro atoms. The van der Waals surface area contributed by atoms with Crippen molar-refractivity contribution >= 4 is 22.9 Å². The zero-order valence-electron chi connectivity index (χ0n) is 11.1. The lowest BCUT2D eigenvalue weighted by Gasteiger charge is -2.26. The Hall–Kier alpha value is -0.0500. The molecule has 1 nitrogen and oxygen atoms in total. The molecule has 1 atom stereocenters. The van der Waals surface area contributed by atoms with Gasteiger partial charge in [0.15, 0.2) is 0 Å². The Balaban J connectivity index is 2.80. The van der Waals surface area contributed by atoms with E-state index in [2.05, 4.69) is 32.2 Å². The zero-order chi connectivity index (χ0) is 12.7. The van der Waals surface area contributed by atoms with Crippen LogP contribution in [0.15, 0.2) is 12.1 Å². The van der Waals surface area contributed by atoms with Gasteiger partial charge in [-0.1, -0.05) is 45.2 Å². The first-order chi connectivity index (χ1) is 8.22. The maximum Gasteiger partial charge on any atom is 0.0931 e. The summed E-state index contributed by atoms with van der Waals surface area (Å²) in [5.74, 6) is 0.736. The first kappa shape index (κ1) is 15.0. The normalized spacial score (nSPS) is 13.2. The van der Waals surface area contributed by atoms with Crippen LogP contribution in [0.4, 0.5) is 0 Å². The van der Waals surface area contributed by atoms with Crippen LogP contribution in [0, 0.1) is 5.92 Å². The lowest BCUT2D eigenvalue weighted by molar-refractivity contribution is 0.324. The molecule has 1 unspecified atom stereocenters. The molecule has 1 heterocycles. The van der Waals surface area contributed by atoms with Gasteiger partial charge in [-0.2, -0.15) is 0 Å². The van der Waals surface area contributed by atoms with E-state index >= 15 is 0 Å². The van der Waals surface area contributed by atoms with Crippen LogP contribution in [0.3, 0.4) is 0 Å². The molecule has 0 fully saturated rings. The Bertz CT molecular complexity index is 305. The molecule has 1 rings (SSSR count). The van der Waals surface area contributed by atoms with Crippen molar-refractivity contribution in [1.29, 1.82) is 0 Å². The standard InChI is InChI=1S/C14H24ClNS/c1-4-7-11(8-5-2)14(16-6-3)12-9-10-13(15)17-12/h9-11,14,16H,4-8H2,1-3H3. The maximum atomic E-state index is 6.05. The van der Waals surface area contributed by atoms with Crippen molar-refractivity contribution in [2.24, 2.45) is 5.92 Å². The molecule has 0 aliphatic carbocycles. The Kier molecular flexibility index (Phi) is 7.17. The van der Waals surface area contributed by atoms with Gasteiger partial charge >= 0.3 is 0 Å². The van der Waals surface area contributed by atoms with Gasteiger partial charge in [-0.25, -0.2) is 0 Å². The van der Waals surface area contributed by atoms with E-state index in [-0.39, 0.29) is 0 Å². The molecule has 1 aromatic heterocycles. The maximum absolute atomic E-state index is 6.05. The van der Waals surface area contributed by atoms with E-state index in [1.807, 2.05) is 6.07 Å². The molecule has 1 aromatic rings. The number of hydrogen-bond donors (Lipinski definition) is 1. The van der Waals surface area contributed by atoms with Gasteiger partial charge in [-0.3, -0.25) is 0 Å². The van der Waals surface area contributed by atoms with E-state index in [9.17, 15) is 0 Å². The summed E-state index contributed by atoms with van der Waals surface area (Å²) in [6.07, 6.45) is 5.10. The third kappa shape index (κ3) is 4.61. The second-order valence-corrected chi connectivity index (χ2v) is 6.26. The SMILES string of the molecule is CCCC(CCC)C(NCC)c1ccc(Cl)s1. The van der Waals surface area contributed by atoms with Crippen molar-refractivity contribution in [3.8, 4) is 0 Å². The van der Waals surface area contributed by atoms with Crippen molar-refractivity contribution < 1.29 is 0 Å². The van der Waals surface area contributed by atoms with Crippen LogP contribution in [-0.4, -0.2) is 6.54 Å². The van der Waals surface area contributed by atoms with Crippen LogP contribution in [0.1, 0.15) is 57.4 Å². The Morgan fingerprint density at radius 2 is 1.82 bits per heavy atom. The molecule has 0 aromatic carbocycles. The smallest absolute Gasteiger partial charge is 0.0931 e. The van der Waals surface area contributed by atoms with E-state index in [4.69, 9.17) is 11.6 Å². The molecular weight excluding hydrogens is 250 g/mol. The fourth-order valence-corrected chi connectivity index (χ4v) is 3.66.